The Balaban J connectivity index is 1.61. The van der Waals surface area contributed by atoms with Crippen molar-refractivity contribution < 1.29 is 13.9 Å². The molecule has 2 aliphatic carbocycles. The van der Waals surface area contributed by atoms with Crippen molar-refractivity contribution in [2.45, 2.75) is 69.5 Å². The molecule has 4 rings (SSSR count). The molecule has 2 saturated carbocycles. The van der Waals surface area contributed by atoms with Gasteiger partial charge in [-0.25, -0.2) is 4.39 Å². The van der Waals surface area contributed by atoms with E-state index < -0.39 is 0 Å². The lowest BCUT2D eigenvalue weighted by Crippen LogP contribution is -2.55. The number of hydrogen-bond donors (Lipinski definition) is 0. The standard InChI is InChI=1S/C19H26FNO2/c1-22-18-10-9-17(20)19-16(18)11-15(12-23-19)21(14-7-4-8-14)13-5-2-3-6-13/h9-10,13-15H,2-8,11-12H2,1H3/t15-/m1/s1. The fraction of sp³-hybridized carbons (Fsp3) is 0.684. The molecule has 0 saturated heterocycles. The lowest BCUT2D eigenvalue weighted by atomic mass is 9.87. The minimum absolute atomic E-state index is 0.268. The summed E-state index contributed by atoms with van der Waals surface area (Å²) < 4.78 is 25.4. The van der Waals surface area contributed by atoms with Crippen LogP contribution in [0.3, 0.4) is 0 Å². The largest absolute Gasteiger partial charge is 0.496 e. The van der Waals surface area contributed by atoms with Gasteiger partial charge in [-0.2, -0.15) is 0 Å². The molecule has 0 N–H and O–H groups in total. The van der Waals surface area contributed by atoms with E-state index >= 15 is 0 Å². The van der Waals surface area contributed by atoms with E-state index in [-0.39, 0.29) is 5.82 Å². The molecule has 1 heterocycles. The van der Waals surface area contributed by atoms with Gasteiger partial charge in [0.2, 0.25) is 0 Å². The Labute approximate surface area is 137 Å². The van der Waals surface area contributed by atoms with Crippen LogP contribution in [0.1, 0.15) is 50.5 Å². The van der Waals surface area contributed by atoms with E-state index in [1.165, 1.54) is 51.0 Å². The van der Waals surface area contributed by atoms with Crippen molar-refractivity contribution in [2.75, 3.05) is 13.7 Å². The van der Waals surface area contributed by atoms with Crippen molar-refractivity contribution in [2.24, 2.45) is 0 Å². The number of fused-ring (bicyclic) bond motifs is 1. The summed E-state index contributed by atoms with van der Waals surface area (Å²) in [5, 5.41) is 0. The molecule has 1 aromatic rings. The maximum Gasteiger partial charge on any atom is 0.165 e. The Kier molecular flexibility index (Phi) is 4.18. The normalized spacial score (nSPS) is 25.1. The molecule has 0 aromatic heterocycles. The molecule has 0 amide bonds. The number of benzene rings is 1. The van der Waals surface area contributed by atoms with Crippen LogP contribution in [0.4, 0.5) is 4.39 Å². The number of ether oxygens (including phenoxy) is 2. The first-order valence-corrected chi connectivity index (χ1v) is 9.03. The number of rotatable bonds is 4. The van der Waals surface area contributed by atoms with Gasteiger partial charge in [0.1, 0.15) is 12.4 Å². The number of halogens is 1. The summed E-state index contributed by atoms with van der Waals surface area (Å²) in [4.78, 5) is 2.73. The number of nitrogens with zero attached hydrogens (tertiary/aromatic N) is 1. The molecule has 1 aromatic carbocycles. The molecule has 0 spiro atoms. The Morgan fingerprint density at radius 3 is 2.35 bits per heavy atom. The molecular formula is C19H26FNO2. The summed E-state index contributed by atoms with van der Waals surface area (Å²) in [5.74, 6) is 0.891. The lowest BCUT2D eigenvalue weighted by molar-refractivity contribution is 0.00878. The summed E-state index contributed by atoms with van der Waals surface area (Å²) >= 11 is 0. The third-order valence-corrected chi connectivity index (χ3v) is 5.91. The Morgan fingerprint density at radius 2 is 1.74 bits per heavy atom. The van der Waals surface area contributed by atoms with Crippen LogP contribution in [0.15, 0.2) is 12.1 Å². The number of methoxy groups -OCH3 is 1. The quantitative estimate of drug-likeness (QED) is 0.839. The molecule has 4 heteroatoms. The van der Waals surface area contributed by atoms with Crippen LogP contribution in [-0.4, -0.2) is 36.7 Å². The van der Waals surface area contributed by atoms with E-state index in [0.29, 0.717) is 30.5 Å². The van der Waals surface area contributed by atoms with Crippen molar-refractivity contribution >= 4 is 0 Å². The van der Waals surface area contributed by atoms with Gasteiger partial charge >= 0.3 is 0 Å². The molecular weight excluding hydrogens is 293 g/mol. The van der Waals surface area contributed by atoms with Crippen molar-refractivity contribution in [3.63, 3.8) is 0 Å². The molecule has 3 aliphatic rings. The maximum absolute atomic E-state index is 14.1. The molecule has 1 aliphatic heterocycles. The monoisotopic (exact) mass is 319 g/mol. The SMILES string of the molecule is COc1ccc(F)c2c1C[C@@H](N(C1CCCC1)C1CCC1)CO2. The predicted octanol–water partition coefficient (Wildman–Crippen LogP) is 3.93. The van der Waals surface area contributed by atoms with Gasteiger partial charge in [-0.05, 0) is 44.2 Å². The van der Waals surface area contributed by atoms with Crippen molar-refractivity contribution in [3.05, 3.63) is 23.5 Å². The Bertz CT molecular complexity index is 567. The van der Waals surface area contributed by atoms with Gasteiger partial charge in [0, 0.05) is 23.7 Å². The van der Waals surface area contributed by atoms with Gasteiger partial charge in [0.25, 0.3) is 0 Å². The van der Waals surface area contributed by atoms with E-state index in [4.69, 9.17) is 9.47 Å². The minimum atomic E-state index is -0.268. The Morgan fingerprint density at radius 1 is 1.04 bits per heavy atom. The van der Waals surface area contributed by atoms with Crippen LogP contribution in [-0.2, 0) is 6.42 Å². The summed E-state index contributed by atoms with van der Waals surface area (Å²) in [6.45, 7) is 0.601. The van der Waals surface area contributed by atoms with Gasteiger partial charge in [-0.3, -0.25) is 4.90 Å². The van der Waals surface area contributed by atoms with Gasteiger partial charge < -0.3 is 9.47 Å². The smallest absolute Gasteiger partial charge is 0.165 e. The zero-order valence-corrected chi connectivity index (χ0v) is 13.9. The first kappa shape index (κ1) is 15.3. The van der Waals surface area contributed by atoms with Crippen LogP contribution in [0.25, 0.3) is 0 Å². The minimum Gasteiger partial charge on any atom is -0.496 e. The van der Waals surface area contributed by atoms with Gasteiger partial charge in [-0.1, -0.05) is 19.3 Å². The second-order valence-electron chi connectivity index (χ2n) is 7.20. The molecule has 0 radical (unpaired) electrons. The van der Waals surface area contributed by atoms with E-state index in [1.807, 2.05) is 0 Å². The van der Waals surface area contributed by atoms with Gasteiger partial charge in [-0.15, -0.1) is 0 Å². The molecule has 0 unspecified atom stereocenters. The fourth-order valence-corrected chi connectivity index (χ4v) is 4.57. The highest BCUT2D eigenvalue weighted by atomic mass is 19.1. The van der Waals surface area contributed by atoms with Crippen molar-refractivity contribution in [1.29, 1.82) is 0 Å². The lowest BCUT2D eigenvalue weighted by Gasteiger charge is -2.47. The zero-order chi connectivity index (χ0) is 15.8. The fourth-order valence-electron chi connectivity index (χ4n) is 4.57. The van der Waals surface area contributed by atoms with Crippen molar-refractivity contribution in [1.82, 2.24) is 4.90 Å². The molecule has 2 fully saturated rings. The van der Waals surface area contributed by atoms with Crippen LogP contribution in [0, 0.1) is 5.82 Å². The Hall–Kier alpha value is -1.29. The van der Waals surface area contributed by atoms with Crippen molar-refractivity contribution in [3.8, 4) is 11.5 Å². The average molecular weight is 319 g/mol. The third-order valence-electron chi connectivity index (χ3n) is 5.91. The van der Waals surface area contributed by atoms with Gasteiger partial charge in [0.05, 0.1) is 7.11 Å². The summed E-state index contributed by atoms with van der Waals surface area (Å²) in [6.07, 6.45) is 10.1. The highest BCUT2D eigenvalue weighted by molar-refractivity contribution is 5.47. The molecule has 23 heavy (non-hydrogen) atoms. The first-order chi connectivity index (χ1) is 11.3. The van der Waals surface area contributed by atoms with E-state index in [2.05, 4.69) is 4.90 Å². The molecule has 3 nitrogen and oxygen atoms in total. The highest BCUT2D eigenvalue weighted by Gasteiger charge is 2.39. The molecule has 1 atom stereocenters. The van der Waals surface area contributed by atoms with Gasteiger partial charge in [0.15, 0.2) is 11.6 Å². The topological polar surface area (TPSA) is 21.7 Å². The maximum atomic E-state index is 14.1. The molecule has 126 valence electrons. The van der Waals surface area contributed by atoms with Crippen LogP contribution in [0.5, 0.6) is 11.5 Å². The zero-order valence-electron chi connectivity index (χ0n) is 13.9. The van der Waals surface area contributed by atoms with Crippen LogP contribution in [0.2, 0.25) is 0 Å². The van der Waals surface area contributed by atoms with E-state index in [0.717, 1.165) is 17.7 Å². The predicted molar refractivity (Wildman–Crippen MR) is 87.7 cm³/mol. The summed E-state index contributed by atoms with van der Waals surface area (Å²) in [7, 11) is 1.65. The van der Waals surface area contributed by atoms with Crippen LogP contribution >= 0.6 is 0 Å². The first-order valence-electron chi connectivity index (χ1n) is 9.03. The summed E-state index contributed by atoms with van der Waals surface area (Å²) in [5.41, 5.74) is 0.908. The second-order valence-corrected chi connectivity index (χ2v) is 7.20. The second kappa shape index (κ2) is 6.31. The van der Waals surface area contributed by atoms with Crippen LogP contribution < -0.4 is 9.47 Å². The average Bonchev–Trinajstić information content (AvgIpc) is 3.05. The summed E-state index contributed by atoms with van der Waals surface area (Å²) in [6, 6.07) is 4.91. The number of hydrogen-bond acceptors (Lipinski definition) is 3. The van der Waals surface area contributed by atoms with E-state index in [1.54, 1.807) is 13.2 Å². The van der Waals surface area contributed by atoms with E-state index in [9.17, 15) is 4.39 Å². The molecule has 0 bridgehead atoms. The highest BCUT2D eigenvalue weighted by Crippen LogP contribution is 2.40. The third kappa shape index (κ3) is 2.71.